The Morgan fingerprint density at radius 2 is 1.93 bits per heavy atom. The molecule has 4 aromatic rings. The molecule has 9 nitrogen and oxygen atoms in total. The number of fused-ring (bicyclic) bond motifs is 1. The number of nitrogens with one attached hydrogen (secondary N) is 1. The van der Waals surface area contributed by atoms with Gasteiger partial charge in [-0.2, -0.15) is 13.2 Å². The van der Waals surface area contributed by atoms with Gasteiger partial charge in [0.1, 0.15) is 11.6 Å². The fourth-order valence-corrected chi connectivity index (χ4v) is 4.90. The summed E-state index contributed by atoms with van der Waals surface area (Å²) in [5.41, 5.74) is 7.28. The summed E-state index contributed by atoms with van der Waals surface area (Å²) >= 11 is 6.45. The Morgan fingerprint density at radius 1 is 1.15 bits per heavy atom. The van der Waals surface area contributed by atoms with Gasteiger partial charge >= 0.3 is 6.18 Å². The summed E-state index contributed by atoms with van der Waals surface area (Å²) in [5, 5.41) is 2.39. The van der Waals surface area contributed by atoms with Crippen LogP contribution in [-0.2, 0) is 11.0 Å². The van der Waals surface area contributed by atoms with Gasteiger partial charge in [0.15, 0.2) is 0 Å². The SMILES string of the molecule is CC#CC(=O)N1CCC(c2nc(-c3ccc(C(=O)Nc4cc(C(F)(F)F)ccn4)c(Cl)c3)n3c(N)nccc23)C1. The number of nitrogens with zero attached hydrogens (tertiary/aromatic N) is 5. The van der Waals surface area contributed by atoms with E-state index in [1.54, 1.807) is 34.6 Å². The highest BCUT2D eigenvalue weighted by Gasteiger charge is 2.32. The van der Waals surface area contributed by atoms with Gasteiger partial charge in [0, 0.05) is 37.0 Å². The minimum Gasteiger partial charge on any atom is -0.369 e. The van der Waals surface area contributed by atoms with E-state index in [2.05, 4.69) is 27.1 Å². The Morgan fingerprint density at radius 3 is 2.65 bits per heavy atom. The first-order valence-corrected chi connectivity index (χ1v) is 12.4. The van der Waals surface area contributed by atoms with Crippen molar-refractivity contribution in [2.24, 2.45) is 0 Å². The zero-order valence-corrected chi connectivity index (χ0v) is 21.7. The highest BCUT2D eigenvalue weighted by atomic mass is 35.5. The molecule has 4 heterocycles. The molecule has 40 heavy (non-hydrogen) atoms. The first-order chi connectivity index (χ1) is 19.1. The third kappa shape index (κ3) is 5.15. The van der Waals surface area contributed by atoms with Crippen LogP contribution in [0.5, 0.6) is 0 Å². The molecule has 204 valence electrons. The molecule has 0 bridgehead atoms. The number of pyridine rings is 1. The van der Waals surface area contributed by atoms with Crippen LogP contribution in [0.2, 0.25) is 5.02 Å². The van der Waals surface area contributed by atoms with Gasteiger partial charge in [-0.15, -0.1) is 0 Å². The number of likely N-dealkylation sites (tertiary alicyclic amines) is 1. The number of rotatable bonds is 4. The topological polar surface area (TPSA) is 119 Å². The van der Waals surface area contributed by atoms with Crippen LogP contribution in [0, 0.1) is 11.8 Å². The average molecular weight is 568 g/mol. The number of imidazole rings is 1. The molecule has 0 saturated carbocycles. The molecule has 2 amide bonds. The average Bonchev–Trinajstić information content (AvgIpc) is 3.54. The molecule has 0 spiro atoms. The third-order valence-electron chi connectivity index (χ3n) is 6.50. The van der Waals surface area contributed by atoms with Crippen molar-refractivity contribution >= 4 is 40.7 Å². The smallest absolute Gasteiger partial charge is 0.369 e. The second kappa shape index (κ2) is 10.5. The van der Waals surface area contributed by atoms with Crippen LogP contribution < -0.4 is 11.1 Å². The summed E-state index contributed by atoms with van der Waals surface area (Å²) in [7, 11) is 0. The lowest BCUT2D eigenvalue weighted by Crippen LogP contribution is -2.26. The van der Waals surface area contributed by atoms with Gasteiger partial charge in [-0.05, 0) is 49.6 Å². The largest absolute Gasteiger partial charge is 0.416 e. The summed E-state index contributed by atoms with van der Waals surface area (Å²) in [6.07, 6.45) is -1.36. The fourth-order valence-electron chi connectivity index (χ4n) is 4.63. The van der Waals surface area contributed by atoms with Crippen molar-refractivity contribution in [2.75, 3.05) is 24.1 Å². The molecule has 1 aromatic carbocycles. The maximum Gasteiger partial charge on any atom is 0.416 e. The first kappa shape index (κ1) is 27.0. The molecule has 13 heteroatoms. The molecule has 1 saturated heterocycles. The fraction of sp³-hybridized carbons (Fsp3) is 0.222. The Bertz CT molecular complexity index is 1710. The van der Waals surface area contributed by atoms with E-state index in [-0.39, 0.29) is 34.2 Å². The van der Waals surface area contributed by atoms with E-state index in [1.807, 2.05) is 0 Å². The Kier molecular flexibility index (Phi) is 7.08. The van der Waals surface area contributed by atoms with Gasteiger partial charge in [0.25, 0.3) is 11.8 Å². The van der Waals surface area contributed by atoms with E-state index in [1.165, 1.54) is 12.1 Å². The molecule has 5 rings (SSSR count). The molecule has 1 atom stereocenters. The molecule has 1 unspecified atom stereocenters. The molecular weight excluding hydrogens is 547 g/mol. The number of nitrogen functional groups attached to an aromatic ring is 1. The number of hydrogen-bond donors (Lipinski definition) is 2. The van der Waals surface area contributed by atoms with Crippen LogP contribution in [-0.4, -0.2) is 49.2 Å². The predicted octanol–water partition coefficient (Wildman–Crippen LogP) is 4.64. The maximum absolute atomic E-state index is 13.0. The molecule has 0 radical (unpaired) electrons. The second-order valence-corrected chi connectivity index (χ2v) is 9.44. The maximum atomic E-state index is 13.0. The highest BCUT2D eigenvalue weighted by molar-refractivity contribution is 6.34. The second-order valence-electron chi connectivity index (χ2n) is 9.03. The lowest BCUT2D eigenvalue weighted by molar-refractivity contribution is -0.137. The van der Waals surface area contributed by atoms with Crippen molar-refractivity contribution in [3.63, 3.8) is 0 Å². The number of carbonyl (C=O) groups excluding carboxylic acids is 2. The van der Waals surface area contributed by atoms with Crippen molar-refractivity contribution < 1.29 is 22.8 Å². The molecule has 1 aliphatic heterocycles. The molecular formula is C27H21ClF3N7O2. The predicted molar refractivity (Wildman–Crippen MR) is 142 cm³/mol. The summed E-state index contributed by atoms with van der Waals surface area (Å²) in [6, 6.07) is 7.88. The number of alkyl halides is 3. The Balaban J connectivity index is 1.45. The first-order valence-electron chi connectivity index (χ1n) is 12.1. The van der Waals surface area contributed by atoms with E-state index < -0.39 is 17.6 Å². The quantitative estimate of drug-likeness (QED) is 0.347. The lowest BCUT2D eigenvalue weighted by atomic mass is 10.0. The van der Waals surface area contributed by atoms with Crippen molar-refractivity contribution in [1.29, 1.82) is 0 Å². The molecule has 1 fully saturated rings. The van der Waals surface area contributed by atoms with Crippen molar-refractivity contribution in [2.45, 2.75) is 25.4 Å². The number of anilines is 2. The van der Waals surface area contributed by atoms with E-state index in [9.17, 15) is 22.8 Å². The van der Waals surface area contributed by atoms with Crippen LogP contribution in [0.1, 0.15) is 40.9 Å². The Labute approximate surface area is 231 Å². The van der Waals surface area contributed by atoms with Gasteiger partial charge in [-0.25, -0.2) is 15.0 Å². The van der Waals surface area contributed by atoms with Gasteiger partial charge < -0.3 is 16.0 Å². The number of halogens is 4. The van der Waals surface area contributed by atoms with E-state index in [0.29, 0.717) is 30.9 Å². The molecule has 0 aliphatic carbocycles. The Hall–Kier alpha value is -4.63. The number of amides is 2. The summed E-state index contributed by atoms with van der Waals surface area (Å²) in [6.45, 7) is 2.60. The number of carbonyl (C=O) groups is 2. The lowest BCUT2D eigenvalue weighted by Gasteiger charge is -2.12. The number of hydrogen-bond acceptors (Lipinski definition) is 6. The number of aromatic nitrogens is 4. The molecule has 3 N–H and O–H groups in total. The highest BCUT2D eigenvalue weighted by Crippen LogP contribution is 2.35. The van der Waals surface area contributed by atoms with E-state index >= 15 is 0 Å². The van der Waals surface area contributed by atoms with Crippen LogP contribution in [0.15, 0.2) is 48.8 Å². The third-order valence-corrected chi connectivity index (χ3v) is 6.82. The molecule has 1 aliphatic rings. The standard InChI is InChI=1S/C27H21ClF3N7O2/c1-2-3-22(39)37-11-8-16(14-37)23-20-7-10-34-26(32)38(20)24(36-23)15-4-5-18(19(28)12-15)25(40)35-21-13-17(6-9-33-21)27(29,30)31/h4-7,9-10,12-13,16H,8,11,14H2,1H3,(H2,32,34)(H,33,35,40). The summed E-state index contributed by atoms with van der Waals surface area (Å²) in [5.74, 6) is 4.50. The van der Waals surface area contributed by atoms with E-state index in [4.69, 9.17) is 22.3 Å². The van der Waals surface area contributed by atoms with Crippen LogP contribution in [0.25, 0.3) is 16.9 Å². The van der Waals surface area contributed by atoms with Gasteiger partial charge in [-0.1, -0.05) is 23.6 Å². The zero-order valence-electron chi connectivity index (χ0n) is 21.0. The van der Waals surface area contributed by atoms with Crippen LogP contribution >= 0.6 is 11.6 Å². The number of benzene rings is 1. The summed E-state index contributed by atoms with van der Waals surface area (Å²) in [4.78, 5) is 39.6. The molecule has 3 aromatic heterocycles. The zero-order chi connectivity index (χ0) is 28.6. The van der Waals surface area contributed by atoms with Crippen molar-refractivity contribution in [3.05, 3.63) is 70.6 Å². The van der Waals surface area contributed by atoms with Gasteiger partial charge in [-0.3, -0.25) is 14.0 Å². The normalized spacial score (nSPS) is 15.1. The van der Waals surface area contributed by atoms with Crippen LogP contribution in [0.3, 0.4) is 0 Å². The monoisotopic (exact) mass is 567 g/mol. The van der Waals surface area contributed by atoms with Crippen molar-refractivity contribution in [3.8, 4) is 23.2 Å². The summed E-state index contributed by atoms with van der Waals surface area (Å²) < 4.78 is 40.7. The van der Waals surface area contributed by atoms with Gasteiger partial charge in [0.2, 0.25) is 5.95 Å². The number of nitrogens with two attached hydrogens (primary N) is 1. The van der Waals surface area contributed by atoms with E-state index in [0.717, 1.165) is 29.5 Å². The van der Waals surface area contributed by atoms with Gasteiger partial charge in [0.05, 0.1) is 27.4 Å². The minimum atomic E-state index is -4.58. The minimum absolute atomic E-state index is 0.0267. The van der Waals surface area contributed by atoms with Crippen molar-refractivity contribution in [1.82, 2.24) is 24.3 Å². The van der Waals surface area contributed by atoms with Crippen LogP contribution in [0.4, 0.5) is 24.9 Å².